The van der Waals surface area contributed by atoms with Gasteiger partial charge in [-0.1, -0.05) is 55.5 Å². The van der Waals surface area contributed by atoms with E-state index >= 15 is 8.78 Å². The average Bonchev–Trinajstić information content (AvgIpc) is 3.03. The van der Waals surface area contributed by atoms with Crippen LogP contribution in [0.15, 0.2) is 76.3 Å². The van der Waals surface area contributed by atoms with Gasteiger partial charge in [-0.3, -0.25) is 18.8 Å². The van der Waals surface area contributed by atoms with Gasteiger partial charge in [-0.2, -0.15) is 13.2 Å². The fraction of sp³-hybridized carbons (Fsp3) is 0.324. The highest BCUT2D eigenvalue weighted by molar-refractivity contribution is 5.69. The maximum Gasteiger partial charge on any atom is 0.416 e. The van der Waals surface area contributed by atoms with Crippen LogP contribution in [0.1, 0.15) is 48.7 Å². The Hall–Kier alpha value is -4.94. The number of amides is 1. The van der Waals surface area contributed by atoms with Gasteiger partial charge in [-0.25, -0.2) is 18.4 Å². The van der Waals surface area contributed by atoms with Crippen molar-refractivity contribution < 1.29 is 36.2 Å². The van der Waals surface area contributed by atoms with E-state index < -0.39 is 65.4 Å². The van der Waals surface area contributed by atoms with Crippen molar-refractivity contribution in [3.8, 4) is 16.9 Å². The molecule has 1 heterocycles. The number of alkyl halides is 3. The number of carbonyl (C=O) groups is 1. The van der Waals surface area contributed by atoms with Crippen molar-refractivity contribution in [3.05, 3.63) is 122 Å². The van der Waals surface area contributed by atoms with Gasteiger partial charge >= 0.3 is 18.0 Å². The van der Waals surface area contributed by atoms with E-state index in [2.05, 4.69) is 0 Å². The molecule has 8 nitrogen and oxygen atoms in total. The van der Waals surface area contributed by atoms with Crippen molar-refractivity contribution in [3.63, 3.8) is 0 Å². The molecule has 0 saturated heterocycles. The Morgan fingerprint density at radius 1 is 0.936 bits per heavy atom. The topological polar surface area (TPSA) is 82.8 Å². The molecular weight excluding hydrogens is 625 g/mol. The standard InChI is InChI=1S/C34H34F5N3O5/c1-5-18-40(33(45)47-6-2)27(22-12-8-7-9-13-22)20-42-31(43)29(23-14-10-17-28(46-4)30(23)36)21(3)41(32(42)44)19-24-25(34(37,38)39)15-11-16-26(24)35/h7-17,27H,5-6,18-20H2,1-4H3. The molecule has 0 aliphatic carbocycles. The van der Waals surface area contributed by atoms with Gasteiger partial charge < -0.3 is 9.47 Å². The molecule has 0 bridgehead atoms. The number of rotatable bonds is 11. The van der Waals surface area contributed by atoms with Crippen LogP contribution in [0.5, 0.6) is 5.75 Å². The SMILES string of the molecule is CCCN(C(=O)OCC)C(Cn1c(=O)c(-c2cccc(OC)c2F)c(C)n(Cc2c(F)cccc2C(F)(F)F)c1=O)c1ccccc1. The third-order valence-corrected chi connectivity index (χ3v) is 7.76. The van der Waals surface area contributed by atoms with Crippen molar-refractivity contribution in [2.24, 2.45) is 0 Å². The summed E-state index contributed by atoms with van der Waals surface area (Å²) < 4.78 is 84.6. The number of methoxy groups -OCH3 is 1. The van der Waals surface area contributed by atoms with E-state index in [-0.39, 0.29) is 35.7 Å². The van der Waals surface area contributed by atoms with Crippen molar-refractivity contribution >= 4 is 6.09 Å². The van der Waals surface area contributed by atoms with Gasteiger partial charge in [0.1, 0.15) is 5.82 Å². The summed E-state index contributed by atoms with van der Waals surface area (Å²) in [6, 6.07) is 13.9. The highest BCUT2D eigenvalue weighted by Crippen LogP contribution is 2.34. The van der Waals surface area contributed by atoms with Crippen LogP contribution in [0.4, 0.5) is 26.7 Å². The molecule has 4 aromatic rings. The highest BCUT2D eigenvalue weighted by Gasteiger charge is 2.35. The molecule has 0 aliphatic rings. The third-order valence-electron chi connectivity index (χ3n) is 7.76. The molecule has 3 aromatic carbocycles. The Morgan fingerprint density at radius 2 is 1.62 bits per heavy atom. The molecule has 1 amide bonds. The second-order valence-corrected chi connectivity index (χ2v) is 10.6. The van der Waals surface area contributed by atoms with E-state index in [9.17, 15) is 27.6 Å². The maximum absolute atomic E-state index is 15.7. The predicted molar refractivity (Wildman–Crippen MR) is 165 cm³/mol. The van der Waals surface area contributed by atoms with Crippen molar-refractivity contribution in [1.82, 2.24) is 14.0 Å². The first-order chi connectivity index (χ1) is 22.3. The first-order valence-electron chi connectivity index (χ1n) is 14.9. The molecule has 0 spiro atoms. The Bertz CT molecular complexity index is 1850. The van der Waals surface area contributed by atoms with Crippen LogP contribution in [0.2, 0.25) is 0 Å². The molecule has 1 unspecified atom stereocenters. The number of hydrogen-bond acceptors (Lipinski definition) is 5. The number of hydrogen-bond donors (Lipinski definition) is 0. The normalized spacial score (nSPS) is 12.1. The Morgan fingerprint density at radius 3 is 2.23 bits per heavy atom. The summed E-state index contributed by atoms with van der Waals surface area (Å²) in [7, 11) is 1.22. The molecule has 0 fully saturated rings. The van der Waals surface area contributed by atoms with Crippen LogP contribution >= 0.6 is 0 Å². The summed E-state index contributed by atoms with van der Waals surface area (Å²) in [6.07, 6.45) is -5.21. The lowest BCUT2D eigenvalue weighted by atomic mass is 10.0. The molecule has 47 heavy (non-hydrogen) atoms. The quantitative estimate of drug-likeness (QED) is 0.163. The first-order valence-corrected chi connectivity index (χ1v) is 14.9. The molecule has 13 heteroatoms. The maximum atomic E-state index is 15.7. The number of nitrogens with zero attached hydrogens (tertiary/aromatic N) is 3. The lowest BCUT2D eigenvalue weighted by Crippen LogP contribution is -2.46. The minimum atomic E-state index is -4.97. The summed E-state index contributed by atoms with van der Waals surface area (Å²) >= 11 is 0. The molecule has 1 aromatic heterocycles. The summed E-state index contributed by atoms with van der Waals surface area (Å²) in [5, 5.41) is 0. The highest BCUT2D eigenvalue weighted by atomic mass is 19.4. The monoisotopic (exact) mass is 659 g/mol. The zero-order valence-electron chi connectivity index (χ0n) is 26.2. The molecular formula is C34H34F5N3O5. The van der Waals surface area contributed by atoms with Crippen LogP contribution < -0.4 is 16.0 Å². The molecule has 4 rings (SSSR count). The number of benzene rings is 3. The van der Waals surface area contributed by atoms with Crippen molar-refractivity contribution in [1.29, 1.82) is 0 Å². The van der Waals surface area contributed by atoms with Crippen LogP contribution in [-0.2, 0) is 24.0 Å². The van der Waals surface area contributed by atoms with E-state index in [4.69, 9.17) is 9.47 Å². The molecule has 0 saturated carbocycles. The lowest BCUT2D eigenvalue weighted by Gasteiger charge is -2.32. The van der Waals surface area contributed by atoms with Gasteiger partial charge in [0.25, 0.3) is 5.56 Å². The fourth-order valence-electron chi connectivity index (χ4n) is 5.52. The van der Waals surface area contributed by atoms with Crippen LogP contribution in [-0.4, -0.2) is 40.4 Å². The molecule has 0 aliphatic heterocycles. The second kappa shape index (κ2) is 14.7. The Labute approximate surface area is 267 Å². The predicted octanol–water partition coefficient (Wildman–Crippen LogP) is 6.95. The number of ether oxygens (including phenoxy) is 2. The fourth-order valence-corrected chi connectivity index (χ4v) is 5.52. The van der Waals surface area contributed by atoms with Crippen molar-refractivity contribution in [2.45, 2.75) is 52.5 Å². The molecule has 250 valence electrons. The number of halogens is 5. The number of aromatic nitrogens is 2. The minimum absolute atomic E-state index is 0.0429. The molecule has 0 radical (unpaired) electrons. The Balaban J connectivity index is 2.06. The van der Waals surface area contributed by atoms with E-state index in [1.54, 1.807) is 37.3 Å². The summed E-state index contributed by atoms with van der Waals surface area (Å²) in [6.45, 7) is 3.49. The zero-order chi connectivity index (χ0) is 34.5. The number of carbonyl (C=O) groups excluding carboxylic acids is 1. The summed E-state index contributed by atoms with van der Waals surface area (Å²) in [5.41, 5.74) is -4.52. The first kappa shape index (κ1) is 34.9. The van der Waals surface area contributed by atoms with Crippen LogP contribution in [0.3, 0.4) is 0 Å². The average molecular weight is 660 g/mol. The summed E-state index contributed by atoms with van der Waals surface area (Å²) in [5.74, 6) is -2.40. The van der Waals surface area contributed by atoms with Gasteiger partial charge in [0.05, 0.1) is 44.0 Å². The third kappa shape index (κ3) is 7.23. The smallest absolute Gasteiger partial charge is 0.416 e. The second-order valence-electron chi connectivity index (χ2n) is 10.6. The van der Waals surface area contributed by atoms with E-state index in [1.165, 1.54) is 37.1 Å². The van der Waals surface area contributed by atoms with Crippen LogP contribution in [0, 0.1) is 18.6 Å². The lowest BCUT2D eigenvalue weighted by molar-refractivity contribution is -0.138. The van der Waals surface area contributed by atoms with Gasteiger partial charge in [0.15, 0.2) is 11.6 Å². The van der Waals surface area contributed by atoms with Gasteiger partial charge in [0, 0.05) is 23.4 Å². The molecule has 1 atom stereocenters. The van der Waals surface area contributed by atoms with Crippen molar-refractivity contribution in [2.75, 3.05) is 20.3 Å². The van der Waals surface area contributed by atoms with Gasteiger partial charge in [0.2, 0.25) is 0 Å². The van der Waals surface area contributed by atoms with Gasteiger partial charge in [-0.05, 0) is 44.0 Å². The Kier molecular flexibility index (Phi) is 10.9. The largest absolute Gasteiger partial charge is 0.494 e. The van der Waals surface area contributed by atoms with E-state index in [0.717, 1.165) is 21.3 Å². The summed E-state index contributed by atoms with van der Waals surface area (Å²) in [4.78, 5) is 43.0. The molecule has 0 N–H and O–H groups in total. The van der Waals surface area contributed by atoms with E-state index in [0.29, 0.717) is 18.1 Å². The van der Waals surface area contributed by atoms with E-state index in [1.807, 2.05) is 6.92 Å². The minimum Gasteiger partial charge on any atom is -0.494 e. The van der Waals surface area contributed by atoms with Crippen LogP contribution in [0.25, 0.3) is 11.1 Å². The van der Waals surface area contributed by atoms with Gasteiger partial charge in [-0.15, -0.1) is 0 Å². The zero-order valence-corrected chi connectivity index (χ0v) is 26.2.